The van der Waals surface area contributed by atoms with Gasteiger partial charge in [0, 0.05) is 22.7 Å². The summed E-state index contributed by atoms with van der Waals surface area (Å²) in [5.74, 6) is 0.00287. The highest BCUT2D eigenvalue weighted by Gasteiger charge is 2.26. The molecule has 0 unspecified atom stereocenters. The lowest BCUT2D eigenvalue weighted by atomic mass is 9.95. The maximum Gasteiger partial charge on any atom is 0.231 e. The zero-order valence-electron chi connectivity index (χ0n) is 13.2. The first-order valence-electron chi connectivity index (χ1n) is 6.85. The van der Waals surface area contributed by atoms with E-state index in [4.69, 9.17) is 11.6 Å². The van der Waals surface area contributed by atoms with Gasteiger partial charge in [0.05, 0.1) is 5.41 Å². The first kappa shape index (κ1) is 17.5. The van der Waals surface area contributed by atoms with Gasteiger partial charge in [-0.1, -0.05) is 26.8 Å². The average Bonchev–Trinajstić information content (AvgIpc) is 2.37. The van der Waals surface area contributed by atoms with Gasteiger partial charge in [0.25, 0.3) is 0 Å². The summed E-state index contributed by atoms with van der Waals surface area (Å²) in [5, 5.41) is 5.64. The monoisotopic (exact) mass is 310 g/mol. The van der Waals surface area contributed by atoms with Crippen molar-refractivity contribution >= 4 is 34.8 Å². The van der Waals surface area contributed by atoms with Gasteiger partial charge in [0.15, 0.2) is 0 Å². The van der Waals surface area contributed by atoms with Crippen LogP contribution in [0.25, 0.3) is 0 Å². The standard InChI is InChI=1S/C16H23ClN2O2/c1-15(2,3)13(20)18-11-7-6-8-12(9-11)19-14(21)16(4,5)10-17/h6-9H,10H2,1-5H3,(H,18,20)(H,19,21). The molecule has 0 aliphatic rings. The number of carbonyl (C=O) groups excluding carboxylic acids is 2. The van der Waals surface area contributed by atoms with Gasteiger partial charge in [-0.15, -0.1) is 11.6 Å². The van der Waals surface area contributed by atoms with Crippen molar-refractivity contribution in [3.63, 3.8) is 0 Å². The molecule has 0 fully saturated rings. The van der Waals surface area contributed by atoms with Crippen LogP contribution in [0.3, 0.4) is 0 Å². The summed E-state index contributed by atoms with van der Waals surface area (Å²) in [6.07, 6.45) is 0. The molecule has 0 heterocycles. The molecule has 116 valence electrons. The molecule has 0 spiro atoms. The second-order valence-electron chi connectivity index (χ2n) is 6.76. The van der Waals surface area contributed by atoms with E-state index >= 15 is 0 Å². The molecule has 2 amide bonds. The highest BCUT2D eigenvalue weighted by atomic mass is 35.5. The average molecular weight is 311 g/mol. The van der Waals surface area contributed by atoms with Crippen molar-refractivity contribution in [3.05, 3.63) is 24.3 Å². The largest absolute Gasteiger partial charge is 0.326 e. The number of amides is 2. The van der Waals surface area contributed by atoms with Gasteiger partial charge in [-0.25, -0.2) is 0 Å². The predicted octanol–water partition coefficient (Wildman–Crippen LogP) is 3.87. The van der Waals surface area contributed by atoms with Crippen LogP contribution in [0.1, 0.15) is 34.6 Å². The van der Waals surface area contributed by atoms with E-state index in [9.17, 15) is 9.59 Å². The quantitative estimate of drug-likeness (QED) is 0.829. The third kappa shape index (κ3) is 5.05. The van der Waals surface area contributed by atoms with E-state index in [1.807, 2.05) is 20.8 Å². The Balaban J connectivity index is 2.82. The van der Waals surface area contributed by atoms with Crippen molar-refractivity contribution in [3.8, 4) is 0 Å². The van der Waals surface area contributed by atoms with Crippen LogP contribution in [0.5, 0.6) is 0 Å². The van der Waals surface area contributed by atoms with Gasteiger partial charge in [0.1, 0.15) is 0 Å². The van der Waals surface area contributed by atoms with Crippen molar-refractivity contribution in [2.45, 2.75) is 34.6 Å². The number of anilines is 2. The van der Waals surface area contributed by atoms with Crippen molar-refractivity contribution in [1.29, 1.82) is 0 Å². The number of hydrogen-bond donors (Lipinski definition) is 2. The van der Waals surface area contributed by atoms with E-state index < -0.39 is 10.8 Å². The molecule has 0 aromatic heterocycles. The molecule has 0 aliphatic carbocycles. The zero-order chi connectivity index (χ0) is 16.3. The first-order chi connectivity index (χ1) is 9.56. The first-order valence-corrected chi connectivity index (χ1v) is 7.38. The molecule has 5 heteroatoms. The maximum atomic E-state index is 12.1. The Labute approximate surface area is 131 Å². The lowest BCUT2D eigenvalue weighted by Gasteiger charge is -2.21. The van der Waals surface area contributed by atoms with Gasteiger partial charge in [-0.3, -0.25) is 9.59 Å². The lowest BCUT2D eigenvalue weighted by Crippen LogP contribution is -2.32. The second-order valence-corrected chi connectivity index (χ2v) is 7.02. The molecule has 2 N–H and O–H groups in total. The van der Waals surface area contributed by atoms with Crippen LogP contribution < -0.4 is 10.6 Å². The summed E-state index contributed by atoms with van der Waals surface area (Å²) in [4.78, 5) is 24.0. The van der Waals surface area contributed by atoms with Crippen LogP contribution in [-0.2, 0) is 9.59 Å². The third-order valence-corrected chi connectivity index (χ3v) is 3.68. The van der Waals surface area contributed by atoms with Crippen molar-refractivity contribution < 1.29 is 9.59 Å². The number of halogens is 1. The Morgan fingerprint density at radius 1 is 1.00 bits per heavy atom. The van der Waals surface area contributed by atoms with Crippen LogP contribution in [0.4, 0.5) is 11.4 Å². The molecule has 4 nitrogen and oxygen atoms in total. The van der Waals surface area contributed by atoms with Crippen molar-refractivity contribution in [2.75, 3.05) is 16.5 Å². The lowest BCUT2D eigenvalue weighted by molar-refractivity contribution is -0.123. The minimum absolute atomic E-state index is 0.0768. The zero-order valence-corrected chi connectivity index (χ0v) is 14.0. The van der Waals surface area contributed by atoms with E-state index in [1.54, 1.807) is 38.1 Å². The normalized spacial score (nSPS) is 11.9. The fourth-order valence-electron chi connectivity index (χ4n) is 1.35. The fraction of sp³-hybridized carbons (Fsp3) is 0.500. The molecule has 21 heavy (non-hydrogen) atoms. The Morgan fingerprint density at radius 3 is 1.90 bits per heavy atom. The molecular formula is C16H23ClN2O2. The number of benzene rings is 1. The Morgan fingerprint density at radius 2 is 1.48 bits per heavy atom. The van der Waals surface area contributed by atoms with E-state index in [2.05, 4.69) is 10.6 Å². The summed E-state index contributed by atoms with van der Waals surface area (Å²) in [6.45, 7) is 9.09. The SMILES string of the molecule is CC(C)(C)C(=O)Nc1cccc(NC(=O)C(C)(C)CCl)c1. The summed E-state index contributed by atoms with van der Waals surface area (Å²) in [6, 6.07) is 7.06. The van der Waals surface area contributed by atoms with Crippen LogP contribution in [0.2, 0.25) is 0 Å². The Kier molecular flexibility index (Phi) is 5.40. The highest BCUT2D eigenvalue weighted by Crippen LogP contribution is 2.23. The summed E-state index contributed by atoms with van der Waals surface area (Å²) in [7, 11) is 0. The van der Waals surface area contributed by atoms with E-state index in [0.29, 0.717) is 11.4 Å². The van der Waals surface area contributed by atoms with Crippen LogP contribution in [0.15, 0.2) is 24.3 Å². The third-order valence-electron chi connectivity index (χ3n) is 3.01. The molecule has 0 saturated heterocycles. The number of nitrogens with one attached hydrogen (secondary N) is 2. The number of alkyl halides is 1. The molecule has 1 rings (SSSR count). The fourth-order valence-corrected chi connectivity index (χ4v) is 1.48. The molecule has 0 bridgehead atoms. The molecule has 0 aliphatic heterocycles. The van der Waals surface area contributed by atoms with E-state index in [0.717, 1.165) is 0 Å². The second kappa shape index (κ2) is 6.48. The number of rotatable bonds is 4. The Hall–Kier alpha value is -1.55. The van der Waals surface area contributed by atoms with Crippen LogP contribution in [-0.4, -0.2) is 17.7 Å². The molecular weight excluding hydrogens is 288 g/mol. The molecule has 0 atom stereocenters. The number of hydrogen-bond acceptors (Lipinski definition) is 2. The van der Waals surface area contributed by atoms with Gasteiger partial charge >= 0.3 is 0 Å². The minimum Gasteiger partial charge on any atom is -0.326 e. The molecule has 0 radical (unpaired) electrons. The van der Waals surface area contributed by atoms with Gasteiger partial charge in [-0.05, 0) is 32.0 Å². The summed E-state index contributed by atoms with van der Waals surface area (Å²) in [5.41, 5.74) is 0.160. The van der Waals surface area contributed by atoms with Crippen LogP contribution >= 0.6 is 11.6 Å². The number of carbonyl (C=O) groups is 2. The van der Waals surface area contributed by atoms with Gasteiger partial charge in [0.2, 0.25) is 11.8 Å². The molecule has 1 aromatic carbocycles. The van der Waals surface area contributed by atoms with E-state index in [-0.39, 0.29) is 17.7 Å². The molecule has 0 saturated carbocycles. The predicted molar refractivity (Wildman–Crippen MR) is 87.7 cm³/mol. The topological polar surface area (TPSA) is 58.2 Å². The highest BCUT2D eigenvalue weighted by molar-refractivity contribution is 6.20. The molecule has 1 aromatic rings. The van der Waals surface area contributed by atoms with Crippen molar-refractivity contribution in [2.24, 2.45) is 10.8 Å². The van der Waals surface area contributed by atoms with E-state index in [1.165, 1.54) is 0 Å². The Bertz CT molecular complexity index is 533. The summed E-state index contributed by atoms with van der Waals surface area (Å²) < 4.78 is 0. The smallest absolute Gasteiger partial charge is 0.231 e. The van der Waals surface area contributed by atoms with Crippen molar-refractivity contribution in [1.82, 2.24) is 0 Å². The van der Waals surface area contributed by atoms with Gasteiger partial charge < -0.3 is 10.6 Å². The summed E-state index contributed by atoms with van der Waals surface area (Å²) >= 11 is 5.79. The van der Waals surface area contributed by atoms with Gasteiger partial charge in [-0.2, -0.15) is 0 Å². The minimum atomic E-state index is -0.647. The maximum absolute atomic E-state index is 12.1. The van der Waals surface area contributed by atoms with Crippen LogP contribution in [0, 0.1) is 10.8 Å².